The Balaban J connectivity index is 2.41. The van der Waals surface area contributed by atoms with Crippen LogP contribution in [-0.2, 0) is 0 Å². The molecule has 2 heterocycles. The van der Waals surface area contributed by atoms with Crippen LogP contribution in [0.4, 0.5) is 0 Å². The highest BCUT2D eigenvalue weighted by atomic mass is 32.1. The molecule has 4 aromatic rings. The zero-order valence-corrected chi connectivity index (χ0v) is 10.3. The number of hydrogen-bond acceptors (Lipinski definition) is 1. The van der Waals surface area contributed by atoms with Crippen LogP contribution in [0.1, 0.15) is 5.56 Å². The molecule has 0 unspecified atom stereocenters. The van der Waals surface area contributed by atoms with Crippen molar-refractivity contribution in [2.24, 2.45) is 0 Å². The number of para-hydroxylation sites is 1. The number of aromatic nitrogens is 1. The van der Waals surface area contributed by atoms with Crippen LogP contribution in [0, 0.1) is 6.92 Å². The van der Waals surface area contributed by atoms with Crippen molar-refractivity contribution >= 4 is 43.2 Å². The van der Waals surface area contributed by atoms with Crippen molar-refractivity contribution in [2.75, 3.05) is 0 Å². The Kier molecular flexibility index (Phi) is 1.69. The summed E-state index contributed by atoms with van der Waals surface area (Å²) in [6.07, 6.45) is 0. The predicted molar refractivity (Wildman–Crippen MR) is 75.9 cm³/mol. The lowest BCUT2D eigenvalue weighted by atomic mass is 10.1. The normalized spacial score (nSPS) is 11.8. The second-order valence-electron chi connectivity index (χ2n) is 4.45. The van der Waals surface area contributed by atoms with E-state index in [-0.39, 0.29) is 0 Å². The molecule has 0 amide bonds. The van der Waals surface area contributed by atoms with Gasteiger partial charge in [0.25, 0.3) is 0 Å². The number of nitrogens with one attached hydrogen (secondary N) is 1. The van der Waals surface area contributed by atoms with Gasteiger partial charge in [-0.1, -0.05) is 18.2 Å². The number of fused-ring (bicyclic) bond motifs is 5. The number of rotatable bonds is 0. The molecule has 0 fully saturated rings. The minimum atomic E-state index is 1.23. The van der Waals surface area contributed by atoms with Gasteiger partial charge in [0.15, 0.2) is 0 Å². The zero-order valence-electron chi connectivity index (χ0n) is 9.45. The first-order valence-electron chi connectivity index (χ1n) is 5.72. The lowest BCUT2D eigenvalue weighted by Crippen LogP contribution is -1.75. The molecule has 0 aliphatic heterocycles. The highest BCUT2D eigenvalue weighted by molar-refractivity contribution is 7.18. The molecule has 2 heteroatoms. The van der Waals surface area contributed by atoms with E-state index < -0.39 is 0 Å². The fraction of sp³-hybridized carbons (Fsp3) is 0.0667. The number of thiophene rings is 1. The summed E-state index contributed by atoms with van der Waals surface area (Å²) in [5.74, 6) is 0. The van der Waals surface area contributed by atoms with Gasteiger partial charge in [0.05, 0.1) is 10.2 Å². The average Bonchev–Trinajstić information content (AvgIpc) is 2.91. The Morgan fingerprint density at radius 3 is 2.94 bits per heavy atom. The fourth-order valence-corrected chi connectivity index (χ4v) is 3.55. The van der Waals surface area contributed by atoms with E-state index >= 15 is 0 Å². The predicted octanol–water partition coefficient (Wildman–Crippen LogP) is 4.84. The smallest absolute Gasteiger partial charge is 0.0648 e. The van der Waals surface area contributed by atoms with Crippen molar-refractivity contribution in [2.45, 2.75) is 6.92 Å². The highest BCUT2D eigenvalue weighted by Gasteiger charge is 2.10. The van der Waals surface area contributed by atoms with Crippen molar-refractivity contribution in [1.82, 2.24) is 4.98 Å². The number of aryl methyl sites for hydroxylation is 1. The molecule has 0 bridgehead atoms. The zero-order chi connectivity index (χ0) is 11.4. The molecule has 0 aliphatic carbocycles. The third-order valence-corrected chi connectivity index (χ3v) is 4.34. The van der Waals surface area contributed by atoms with E-state index in [1.807, 2.05) is 11.3 Å². The molecule has 2 aromatic heterocycles. The van der Waals surface area contributed by atoms with Gasteiger partial charge in [0, 0.05) is 16.3 Å². The van der Waals surface area contributed by atoms with Crippen molar-refractivity contribution in [1.29, 1.82) is 0 Å². The lowest BCUT2D eigenvalue weighted by molar-refractivity contribution is 1.55. The Morgan fingerprint density at radius 1 is 1.12 bits per heavy atom. The van der Waals surface area contributed by atoms with Crippen LogP contribution >= 0.6 is 11.3 Å². The molecule has 4 rings (SSSR count). The molecule has 2 aromatic carbocycles. The largest absolute Gasteiger partial charge is 0.353 e. The van der Waals surface area contributed by atoms with Gasteiger partial charge in [0.2, 0.25) is 0 Å². The summed E-state index contributed by atoms with van der Waals surface area (Å²) in [5.41, 5.74) is 3.87. The van der Waals surface area contributed by atoms with Crippen molar-refractivity contribution in [3.63, 3.8) is 0 Å². The molecular formula is C15H11NS. The molecule has 17 heavy (non-hydrogen) atoms. The Morgan fingerprint density at radius 2 is 2.00 bits per heavy atom. The minimum absolute atomic E-state index is 1.23. The van der Waals surface area contributed by atoms with E-state index in [4.69, 9.17) is 0 Å². The molecule has 0 spiro atoms. The van der Waals surface area contributed by atoms with E-state index in [1.54, 1.807) is 0 Å². The Bertz CT molecular complexity index is 851. The van der Waals surface area contributed by atoms with Crippen LogP contribution in [-0.4, -0.2) is 4.98 Å². The standard InChI is InChI=1S/C15H11NS/c1-9-8-10-6-7-17-15(10)14-13(9)11-4-2-3-5-12(11)16-14/h2-8,16H,1H3. The molecule has 0 radical (unpaired) electrons. The maximum absolute atomic E-state index is 3.56. The molecule has 82 valence electrons. The summed E-state index contributed by atoms with van der Waals surface area (Å²) in [6, 6.07) is 13.0. The summed E-state index contributed by atoms with van der Waals surface area (Å²) in [5, 5.41) is 6.20. The van der Waals surface area contributed by atoms with Crippen molar-refractivity contribution in [3.05, 3.63) is 47.3 Å². The van der Waals surface area contributed by atoms with Gasteiger partial charge in [-0.05, 0) is 41.5 Å². The van der Waals surface area contributed by atoms with Crippen LogP contribution in [0.15, 0.2) is 41.8 Å². The van der Waals surface area contributed by atoms with Gasteiger partial charge in [-0.15, -0.1) is 11.3 Å². The first-order chi connectivity index (χ1) is 8.34. The summed E-state index contributed by atoms with van der Waals surface area (Å²) < 4.78 is 1.36. The lowest BCUT2D eigenvalue weighted by Gasteiger charge is -1.98. The maximum atomic E-state index is 3.56. The average molecular weight is 237 g/mol. The summed E-state index contributed by atoms with van der Waals surface area (Å²) in [4.78, 5) is 3.56. The molecule has 1 nitrogen and oxygen atoms in total. The fourth-order valence-electron chi connectivity index (χ4n) is 2.66. The molecule has 1 N–H and O–H groups in total. The highest BCUT2D eigenvalue weighted by Crippen LogP contribution is 2.36. The molecular weight excluding hydrogens is 226 g/mol. The third-order valence-electron chi connectivity index (χ3n) is 3.40. The van der Waals surface area contributed by atoms with E-state index in [0.29, 0.717) is 0 Å². The first-order valence-corrected chi connectivity index (χ1v) is 6.60. The SMILES string of the molecule is Cc1cc2ccsc2c2[nH]c3ccccc3c12. The molecule has 0 saturated heterocycles. The minimum Gasteiger partial charge on any atom is -0.353 e. The number of benzene rings is 2. The monoisotopic (exact) mass is 237 g/mol. The van der Waals surface area contributed by atoms with Gasteiger partial charge in [0.1, 0.15) is 0 Å². The maximum Gasteiger partial charge on any atom is 0.0648 e. The summed E-state index contributed by atoms with van der Waals surface area (Å²) >= 11 is 1.81. The van der Waals surface area contributed by atoms with Gasteiger partial charge in [-0.3, -0.25) is 0 Å². The van der Waals surface area contributed by atoms with E-state index in [2.05, 4.69) is 53.7 Å². The van der Waals surface area contributed by atoms with E-state index in [1.165, 1.54) is 37.5 Å². The number of aromatic amines is 1. The van der Waals surface area contributed by atoms with Crippen LogP contribution in [0.25, 0.3) is 31.9 Å². The summed E-state index contributed by atoms with van der Waals surface area (Å²) in [7, 11) is 0. The topological polar surface area (TPSA) is 15.8 Å². The van der Waals surface area contributed by atoms with Gasteiger partial charge in [-0.2, -0.15) is 0 Å². The van der Waals surface area contributed by atoms with Gasteiger partial charge >= 0.3 is 0 Å². The number of hydrogen-bond donors (Lipinski definition) is 1. The van der Waals surface area contributed by atoms with E-state index in [0.717, 1.165) is 0 Å². The third kappa shape index (κ3) is 1.13. The first kappa shape index (κ1) is 9.25. The van der Waals surface area contributed by atoms with Crippen LogP contribution in [0.2, 0.25) is 0 Å². The van der Waals surface area contributed by atoms with E-state index in [9.17, 15) is 0 Å². The van der Waals surface area contributed by atoms with Crippen molar-refractivity contribution < 1.29 is 0 Å². The molecule has 0 atom stereocenters. The second kappa shape index (κ2) is 3.11. The second-order valence-corrected chi connectivity index (χ2v) is 5.37. The number of H-pyrrole nitrogens is 1. The van der Waals surface area contributed by atoms with Gasteiger partial charge < -0.3 is 4.98 Å². The summed E-state index contributed by atoms with van der Waals surface area (Å²) in [6.45, 7) is 2.19. The van der Waals surface area contributed by atoms with Crippen LogP contribution in [0.3, 0.4) is 0 Å². The Hall–Kier alpha value is -1.80. The van der Waals surface area contributed by atoms with Gasteiger partial charge in [-0.25, -0.2) is 0 Å². The van der Waals surface area contributed by atoms with Crippen LogP contribution in [0.5, 0.6) is 0 Å². The molecule has 0 aliphatic rings. The quantitative estimate of drug-likeness (QED) is 0.450. The molecule has 0 saturated carbocycles. The Labute approximate surface area is 103 Å². The van der Waals surface area contributed by atoms with Crippen molar-refractivity contribution in [3.8, 4) is 0 Å². The van der Waals surface area contributed by atoms with Crippen LogP contribution < -0.4 is 0 Å².